The smallest absolute Gasteiger partial charge is 0.0790 e. The van der Waals surface area contributed by atoms with Gasteiger partial charge in [0.05, 0.1) is 6.10 Å². The fourth-order valence-electron chi connectivity index (χ4n) is 2.92. The van der Waals surface area contributed by atoms with Gasteiger partial charge in [-0.1, -0.05) is 12.8 Å². The fraction of sp³-hybridized carbons (Fsp3) is 1.00. The second-order valence-electron chi connectivity index (χ2n) is 5.60. The lowest BCUT2D eigenvalue weighted by Gasteiger charge is -2.34. The molecular formula is C13H26N2O. The van der Waals surface area contributed by atoms with Crippen LogP contribution in [0.1, 0.15) is 45.4 Å². The number of hydrogen-bond donors (Lipinski definition) is 1. The number of hydroxylamine groups is 1. The summed E-state index contributed by atoms with van der Waals surface area (Å²) in [5, 5.41) is 0. The summed E-state index contributed by atoms with van der Waals surface area (Å²) in [5.41, 5.74) is 3.29. The van der Waals surface area contributed by atoms with Crippen molar-refractivity contribution in [2.24, 2.45) is 5.92 Å². The lowest BCUT2D eigenvalue weighted by molar-refractivity contribution is -0.0522. The minimum Gasteiger partial charge on any atom is -0.306 e. The molecule has 1 aliphatic heterocycles. The Kier molecular flexibility index (Phi) is 4.62. The summed E-state index contributed by atoms with van der Waals surface area (Å²) >= 11 is 0. The van der Waals surface area contributed by atoms with Crippen molar-refractivity contribution in [3.8, 4) is 0 Å². The molecule has 16 heavy (non-hydrogen) atoms. The summed E-state index contributed by atoms with van der Waals surface area (Å²) in [5.74, 6) is 0.750. The van der Waals surface area contributed by atoms with Crippen LogP contribution < -0.4 is 5.48 Å². The molecule has 0 spiro atoms. The fourth-order valence-corrected chi connectivity index (χ4v) is 2.92. The molecule has 0 radical (unpaired) electrons. The molecule has 2 rings (SSSR count). The first kappa shape index (κ1) is 12.3. The number of hydrogen-bond acceptors (Lipinski definition) is 3. The lowest BCUT2D eigenvalue weighted by Crippen LogP contribution is -2.43. The molecular weight excluding hydrogens is 200 g/mol. The number of nitrogens with zero attached hydrogens (tertiary/aromatic N) is 1. The van der Waals surface area contributed by atoms with Crippen molar-refractivity contribution in [3.05, 3.63) is 0 Å². The zero-order valence-electron chi connectivity index (χ0n) is 10.7. The van der Waals surface area contributed by atoms with E-state index in [2.05, 4.69) is 24.4 Å². The summed E-state index contributed by atoms with van der Waals surface area (Å²) in [6.07, 6.45) is 8.31. The van der Waals surface area contributed by atoms with E-state index in [4.69, 9.17) is 4.84 Å². The van der Waals surface area contributed by atoms with Crippen molar-refractivity contribution >= 4 is 0 Å². The summed E-state index contributed by atoms with van der Waals surface area (Å²) in [6, 6.07) is 0.489. The monoisotopic (exact) mass is 226 g/mol. The first-order valence-electron chi connectivity index (χ1n) is 6.85. The third-order valence-electron chi connectivity index (χ3n) is 4.09. The van der Waals surface area contributed by atoms with Gasteiger partial charge in [-0.25, -0.2) is 0 Å². The first-order valence-corrected chi connectivity index (χ1v) is 6.85. The topological polar surface area (TPSA) is 24.5 Å². The maximum Gasteiger partial charge on any atom is 0.0790 e. The van der Waals surface area contributed by atoms with Gasteiger partial charge in [0.25, 0.3) is 0 Å². The van der Waals surface area contributed by atoms with Gasteiger partial charge in [0.15, 0.2) is 0 Å². The molecule has 2 atom stereocenters. The van der Waals surface area contributed by atoms with Crippen LogP contribution in [0, 0.1) is 5.92 Å². The molecule has 1 aliphatic carbocycles. The molecule has 1 saturated carbocycles. The number of nitrogens with one attached hydrogen (secondary N) is 1. The van der Waals surface area contributed by atoms with Crippen LogP contribution in [0.25, 0.3) is 0 Å². The third kappa shape index (κ3) is 3.44. The van der Waals surface area contributed by atoms with Gasteiger partial charge >= 0.3 is 0 Å². The van der Waals surface area contributed by atoms with E-state index in [0.29, 0.717) is 12.1 Å². The minimum atomic E-state index is 0.476. The lowest BCUT2D eigenvalue weighted by atomic mass is 9.92. The zero-order chi connectivity index (χ0) is 11.4. The van der Waals surface area contributed by atoms with Crippen molar-refractivity contribution in [2.75, 3.05) is 20.1 Å². The van der Waals surface area contributed by atoms with Crippen LogP contribution in [0.3, 0.4) is 0 Å². The van der Waals surface area contributed by atoms with Crippen LogP contribution in [0.2, 0.25) is 0 Å². The number of likely N-dealkylation sites (tertiary alicyclic amines) is 1. The van der Waals surface area contributed by atoms with E-state index >= 15 is 0 Å². The standard InChI is InChI=1S/C13H26N2O/c1-11(12-6-5-9-15(2)10-12)14-16-13-7-3-4-8-13/h11-14H,3-10H2,1-2H3. The average Bonchev–Trinajstić information content (AvgIpc) is 2.78. The summed E-state index contributed by atoms with van der Waals surface area (Å²) in [7, 11) is 2.22. The Morgan fingerprint density at radius 3 is 2.62 bits per heavy atom. The molecule has 1 saturated heterocycles. The molecule has 2 aliphatic rings. The normalized spacial score (nSPS) is 30.8. The first-order chi connectivity index (χ1) is 7.75. The van der Waals surface area contributed by atoms with Crippen LogP contribution in [-0.4, -0.2) is 37.2 Å². The molecule has 1 N–H and O–H groups in total. The van der Waals surface area contributed by atoms with Crippen LogP contribution >= 0.6 is 0 Å². The van der Waals surface area contributed by atoms with E-state index in [-0.39, 0.29) is 0 Å². The van der Waals surface area contributed by atoms with Crippen LogP contribution in [0.4, 0.5) is 0 Å². The Labute approximate surface area is 99.5 Å². The molecule has 2 unspecified atom stereocenters. The molecule has 0 aromatic carbocycles. The third-order valence-corrected chi connectivity index (χ3v) is 4.09. The van der Waals surface area contributed by atoms with Crippen LogP contribution in [0.15, 0.2) is 0 Å². The largest absolute Gasteiger partial charge is 0.306 e. The summed E-state index contributed by atoms with van der Waals surface area (Å²) < 4.78 is 0. The number of rotatable bonds is 4. The van der Waals surface area contributed by atoms with Gasteiger partial charge in [-0.15, -0.1) is 0 Å². The molecule has 0 aromatic heterocycles. The highest BCUT2D eigenvalue weighted by Gasteiger charge is 2.24. The Morgan fingerprint density at radius 2 is 1.94 bits per heavy atom. The Balaban J connectivity index is 1.67. The summed E-state index contributed by atoms with van der Waals surface area (Å²) in [6.45, 7) is 4.73. The molecule has 3 heteroatoms. The molecule has 0 amide bonds. The molecule has 0 bridgehead atoms. The van der Waals surface area contributed by atoms with Crippen molar-refractivity contribution < 1.29 is 4.84 Å². The predicted octanol–water partition coefficient (Wildman–Crippen LogP) is 2.18. The predicted molar refractivity (Wildman–Crippen MR) is 66.2 cm³/mol. The van der Waals surface area contributed by atoms with Crippen molar-refractivity contribution in [3.63, 3.8) is 0 Å². The maximum atomic E-state index is 5.78. The Morgan fingerprint density at radius 1 is 1.19 bits per heavy atom. The average molecular weight is 226 g/mol. The zero-order valence-corrected chi connectivity index (χ0v) is 10.7. The minimum absolute atomic E-state index is 0.476. The molecule has 2 fully saturated rings. The van der Waals surface area contributed by atoms with Gasteiger partial charge in [-0.05, 0) is 52.1 Å². The Hall–Kier alpha value is -0.120. The van der Waals surface area contributed by atoms with Gasteiger partial charge in [0, 0.05) is 12.6 Å². The van der Waals surface area contributed by atoms with Gasteiger partial charge in [-0.2, -0.15) is 5.48 Å². The van der Waals surface area contributed by atoms with Crippen LogP contribution in [0.5, 0.6) is 0 Å². The van der Waals surface area contributed by atoms with Crippen molar-refractivity contribution in [1.29, 1.82) is 0 Å². The number of piperidine rings is 1. The SMILES string of the molecule is CC(NOC1CCCC1)C1CCCN(C)C1. The van der Waals surface area contributed by atoms with E-state index < -0.39 is 0 Å². The van der Waals surface area contributed by atoms with E-state index in [1.165, 1.54) is 51.6 Å². The van der Waals surface area contributed by atoms with Gasteiger partial charge in [-0.3, -0.25) is 4.84 Å². The van der Waals surface area contributed by atoms with Gasteiger partial charge in [0.2, 0.25) is 0 Å². The quantitative estimate of drug-likeness (QED) is 0.744. The van der Waals surface area contributed by atoms with Crippen molar-refractivity contribution in [2.45, 2.75) is 57.6 Å². The second-order valence-corrected chi connectivity index (χ2v) is 5.60. The highest BCUT2D eigenvalue weighted by Crippen LogP contribution is 2.22. The van der Waals surface area contributed by atoms with E-state index in [1.807, 2.05) is 0 Å². The highest BCUT2D eigenvalue weighted by atomic mass is 16.7. The maximum absolute atomic E-state index is 5.78. The van der Waals surface area contributed by atoms with Gasteiger partial charge in [0.1, 0.15) is 0 Å². The van der Waals surface area contributed by atoms with Crippen molar-refractivity contribution in [1.82, 2.24) is 10.4 Å². The van der Waals surface area contributed by atoms with E-state index in [0.717, 1.165) is 5.92 Å². The van der Waals surface area contributed by atoms with Gasteiger partial charge < -0.3 is 4.90 Å². The summed E-state index contributed by atoms with van der Waals surface area (Å²) in [4.78, 5) is 8.22. The molecule has 3 nitrogen and oxygen atoms in total. The second kappa shape index (κ2) is 5.99. The molecule has 0 aromatic rings. The van der Waals surface area contributed by atoms with E-state index in [1.54, 1.807) is 0 Å². The molecule has 1 heterocycles. The van der Waals surface area contributed by atoms with Crippen LogP contribution in [-0.2, 0) is 4.84 Å². The Bertz CT molecular complexity index is 204. The molecule has 94 valence electrons. The van der Waals surface area contributed by atoms with E-state index in [9.17, 15) is 0 Å². The highest BCUT2D eigenvalue weighted by molar-refractivity contribution is 4.77.